The van der Waals surface area contributed by atoms with Crippen LogP contribution in [0.2, 0.25) is 0 Å². The molecule has 0 radical (unpaired) electrons. The number of aryl methyl sites for hydroxylation is 1. The van der Waals surface area contributed by atoms with Crippen molar-refractivity contribution >= 4 is 21.9 Å². The van der Waals surface area contributed by atoms with E-state index in [9.17, 15) is 18.6 Å². The van der Waals surface area contributed by atoms with Crippen molar-refractivity contribution in [3.8, 4) is 11.5 Å². The number of ether oxygens (including phenoxy) is 1. The standard InChI is InChI=1S/C17H21N3O5S/c1-11-17(22)14(12(10-21)8-18-11)9-19-15-7-13(5-6-16(15)25-4)26(23,24)20(2)3/h5-9,21-22H,10H2,1-4H3. The Bertz CT molecular complexity index is 940. The largest absolute Gasteiger partial charge is 0.505 e. The molecular weight excluding hydrogens is 358 g/mol. The molecule has 0 saturated heterocycles. The lowest BCUT2D eigenvalue weighted by molar-refractivity contribution is 0.280. The minimum absolute atomic E-state index is 0.0629. The van der Waals surface area contributed by atoms with Crippen LogP contribution in [-0.2, 0) is 16.6 Å². The zero-order valence-corrected chi connectivity index (χ0v) is 15.8. The molecule has 0 bridgehead atoms. The summed E-state index contributed by atoms with van der Waals surface area (Å²) < 4.78 is 30.9. The Balaban J connectivity index is 2.56. The molecule has 0 fully saturated rings. The molecule has 1 aromatic carbocycles. The first kappa shape index (κ1) is 19.8. The van der Waals surface area contributed by atoms with Gasteiger partial charge in [0.15, 0.2) is 0 Å². The van der Waals surface area contributed by atoms with E-state index in [1.807, 2.05) is 0 Å². The monoisotopic (exact) mass is 379 g/mol. The van der Waals surface area contributed by atoms with Crippen molar-refractivity contribution < 1.29 is 23.4 Å². The number of sulfonamides is 1. The smallest absolute Gasteiger partial charge is 0.242 e. The number of hydrogen-bond acceptors (Lipinski definition) is 7. The Kier molecular flexibility index (Phi) is 5.96. The maximum atomic E-state index is 12.3. The van der Waals surface area contributed by atoms with Gasteiger partial charge in [0.1, 0.15) is 17.2 Å². The Morgan fingerprint density at radius 1 is 1.35 bits per heavy atom. The number of aliphatic hydroxyl groups is 1. The molecule has 0 atom stereocenters. The summed E-state index contributed by atoms with van der Waals surface area (Å²) in [6.45, 7) is 1.30. The van der Waals surface area contributed by atoms with Crippen LogP contribution in [0, 0.1) is 6.92 Å². The summed E-state index contributed by atoms with van der Waals surface area (Å²) in [5.41, 5.74) is 1.36. The van der Waals surface area contributed by atoms with Gasteiger partial charge in [-0.25, -0.2) is 12.7 Å². The summed E-state index contributed by atoms with van der Waals surface area (Å²) >= 11 is 0. The number of methoxy groups -OCH3 is 1. The van der Waals surface area contributed by atoms with Gasteiger partial charge in [0.2, 0.25) is 10.0 Å². The highest BCUT2D eigenvalue weighted by Gasteiger charge is 2.19. The molecule has 0 unspecified atom stereocenters. The molecule has 0 saturated carbocycles. The maximum Gasteiger partial charge on any atom is 0.242 e. The van der Waals surface area contributed by atoms with Crippen molar-refractivity contribution in [2.45, 2.75) is 18.4 Å². The number of aliphatic imine (C=N–C) groups is 1. The van der Waals surface area contributed by atoms with Gasteiger partial charge in [-0.15, -0.1) is 0 Å². The number of benzene rings is 1. The van der Waals surface area contributed by atoms with Crippen molar-refractivity contribution in [2.24, 2.45) is 4.99 Å². The SMILES string of the molecule is COc1ccc(S(=O)(=O)N(C)C)cc1N=Cc1c(CO)cnc(C)c1O. The number of pyridine rings is 1. The van der Waals surface area contributed by atoms with Crippen LogP contribution in [0.1, 0.15) is 16.8 Å². The van der Waals surface area contributed by atoms with E-state index in [1.165, 1.54) is 51.8 Å². The Morgan fingerprint density at radius 2 is 2.04 bits per heavy atom. The van der Waals surface area contributed by atoms with Gasteiger partial charge in [-0.3, -0.25) is 9.98 Å². The van der Waals surface area contributed by atoms with Crippen molar-refractivity contribution in [1.29, 1.82) is 0 Å². The number of aromatic hydroxyl groups is 1. The van der Waals surface area contributed by atoms with Crippen LogP contribution in [0.25, 0.3) is 0 Å². The van der Waals surface area contributed by atoms with Crippen molar-refractivity contribution in [1.82, 2.24) is 9.29 Å². The molecular formula is C17H21N3O5S. The summed E-state index contributed by atoms with van der Waals surface area (Å²) in [6.07, 6.45) is 2.79. The highest BCUT2D eigenvalue weighted by atomic mass is 32.2. The molecule has 0 aliphatic carbocycles. The highest BCUT2D eigenvalue weighted by Crippen LogP contribution is 2.31. The molecule has 2 rings (SSSR count). The second kappa shape index (κ2) is 7.81. The zero-order valence-electron chi connectivity index (χ0n) is 15.0. The predicted molar refractivity (Wildman–Crippen MR) is 97.7 cm³/mol. The van der Waals surface area contributed by atoms with Gasteiger partial charge in [0.05, 0.1) is 24.3 Å². The predicted octanol–water partition coefficient (Wildman–Crippen LogP) is 1.60. The Morgan fingerprint density at radius 3 is 2.62 bits per heavy atom. The first-order chi connectivity index (χ1) is 12.2. The summed E-state index contributed by atoms with van der Waals surface area (Å²) in [5, 5.41) is 19.6. The summed E-state index contributed by atoms with van der Waals surface area (Å²) in [6, 6.07) is 4.32. The third-order valence-corrected chi connectivity index (χ3v) is 5.60. The fraction of sp³-hybridized carbons (Fsp3) is 0.294. The Hall–Kier alpha value is -2.49. The molecule has 2 aromatic rings. The minimum Gasteiger partial charge on any atom is -0.505 e. The molecule has 9 heteroatoms. The topological polar surface area (TPSA) is 112 Å². The van der Waals surface area contributed by atoms with Crippen LogP contribution in [0.4, 0.5) is 5.69 Å². The fourth-order valence-corrected chi connectivity index (χ4v) is 3.12. The number of nitrogens with zero attached hydrogens (tertiary/aromatic N) is 3. The minimum atomic E-state index is -3.63. The fourth-order valence-electron chi connectivity index (χ4n) is 2.20. The number of aliphatic hydroxyl groups excluding tert-OH is 1. The van der Waals surface area contributed by atoms with Crippen molar-refractivity contribution in [2.75, 3.05) is 21.2 Å². The molecule has 26 heavy (non-hydrogen) atoms. The maximum absolute atomic E-state index is 12.3. The second-order valence-electron chi connectivity index (χ2n) is 5.67. The lowest BCUT2D eigenvalue weighted by Crippen LogP contribution is -2.22. The van der Waals surface area contributed by atoms with Gasteiger partial charge in [0, 0.05) is 37.6 Å². The van der Waals surface area contributed by atoms with Crippen LogP contribution in [0.5, 0.6) is 11.5 Å². The van der Waals surface area contributed by atoms with Gasteiger partial charge in [-0.2, -0.15) is 0 Å². The van der Waals surface area contributed by atoms with Crippen molar-refractivity contribution in [3.63, 3.8) is 0 Å². The first-order valence-corrected chi connectivity index (χ1v) is 9.09. The molecule has 8 nitrogen and oxygen atoms in total. The summed E-state index contributed by atoms with van der Waals surface area (Å²) in [5.74, 6) is 0.270. The highest BCUT2D eigenvalue weighted by molar-refractivity contribution is 7.89. The van der Waals surface area contributed by atoms with E-state index in [1.54, 1.807) is 6.92 Å². The number of aromatic nitrogens is 1. The molecule has 1 heterocycles. The normalized spacial score (nSPS) is 12.1. The van der Waals surface area contributed by atoms with Crippen LogP contribution in [0.3, 0.4) is 0 Å². The quantitative estimate of drug-likeness (QED) is 0.737. The second-order valence-corrected chi connectivity index (χ2v) is 7.82. The van der Waals surface area contributed by atoms with E-state index in [2.05, 4.69) is 9.98 Å². The van der Waals surface area contributed by atoms with Gasteiger partial charge in [-0.1, -0.05) is 0 Å². The van der Waals surface area contributed by atoms with E-state index < -0.39 is 10.0 Å². The van der Waals surface area contributed by atoms with E-state index >= 15 is 0 Å². The Labute approximate surface area is 152 Å². The molecule has 0 spiro atoms. The lowest BCUT2D eigenvalue weighted by Gasteiger charge is -2.13. The third-order valence-electron chi connectivity index (χ3n) is 3.79. The van der Waals surface area contributed by atoms with Gasteiger partial charge >= 0.3 is 0 Å². The van der Waals surface area contributed by atoms with Gasteiger partial charge in [-0.05, 0) is 25.1 Å². The van der Waals surface area contributed by atoms with Gasteiger partial charge in [0.25, 0.3) is 0 Å². The molecule has 1 aromatic heterocycles. The summed E-state index contributed by atoms with van der Waals surface area (Å²) in [4.78, 5) is 8.31. The zero-order chi connectivity index (χ0) is 19.5. The van der Waals surface area contributed by atoms with Crippen LogP contribution in [0.15, 0.2) is 34.3 Å². The average molecular weight is 379 g/mol. The van der Waals surface area contributed by atoms with Crippen LogP contribution in [-0.4, -0.2) is 55.3 Å². The number of rotatable bonds is 6. The first-order valence-electron chi connectivity index (χ1n) is 7.65. The molecule has 0 aliphatic rings. The van der Waals surface area contributed by atoms with E-state index in [4.69, 9.17) is 4.74 Å². The van der Waals surface area contributed by atoms with E-state index in [0.717, 1.165) is 4.31 Å². The van der Waals surface area contributed by atoms with Crippen LogP contribution >= 0.6 is 0 Å². The number of hydrogen-bond donors (Lipinski definition) is 2. The molecule has 140 valence electrons. The van der Waals surface area contributed by atoms with Gasteiger partial charge < -0.3 is 14.9 Å². The third kappa shape index (κ3) is 3.85. The average Bonchev–Trinajstić information content (AvgIpc) is 2.62. The van der Waals surface area contributed by atoms with Crippen molar-refractivity contribution in [3.05, 3.63) is 41.2 Å². The molecule has 2 N–H and O–H groups in total. The molecule has 0 aliphatic heterocycles. The lowest BCUT2D eigenvalue weighted by atomic mass is 10.1. The molecule has 0 amide bonds. The summed E-state index contributed by atoms with van der Waals surface area (Å²) in [7, 11) is 0.692. The van der Waals surface area contributed by atoms with E-state index in [-0.39, 0.29) is 22.9 Å². The van der Waals surface area contributed by atoms with Crippen LogP contribution < -0.4 is 4.74 Å². The van der Waals surface area contributed by atoms with E-state index in [0.29, 0.717) is 22.6 Å².